The number of amides is 1. The Kier molecular flexibility index (Phi) is 4.93. The molecule has 1 heterocycles. The van der Waals surface area contributed by atoms with Crippen LogP contribution in [0.25, 0.3) is 0 Å². The molecule has 0 radical (unpaired) electrons. The number of methoxy groups -OCH3 is 1. The van der Waals surface area contributed by atoms with Gasteiger partial charge in [0.05, 0.1) is 17.6 Å². The van der Waals surface area contributed by atoms with Crippen LogP contribution in [0.1, 0.15) is 29.6 Å². The van der Waals surface area contributed by atoms with E-state index < -0.39 is 27.8 Å². The number of rotatable bonds is 4. The molecule has 0 spiro atoms. The van der Waals surface area contributed by atoms with E-state index in [0.717, 1.165) is 12.7 Å². The Morgan fingerprint density at radius 2 is 2.00 bits per heavy atom. The lowest BCUT2D eigenvalue weighted by molar-refractivity contribution is -0.143. The molecule has 7 nitrogen and oxygen atoms in total. The van der Waals surface area contributed by atoms with Gasteiger partial charge >= 0.3 is 5.97 Å². The number of hydrogen-bond acceptors (Lipinski definition) is 5. The normalized spacial score (nSPS) is 18.5. The SMILES string of the molecule is COc1ccc(S(C)(=O)=O)cc1C(=O)N1CCCCC1C(=O)O. The van der Waals surface area contributed by atoms with E-state index in [4.69, 9.17) is 4.74 Å². The maximum Gasteiger partial charge on any atom is 0.326 e. The van der Waals surface area contributed by atoms with Crippen LogP contribution < -0.4 is 4.74 Å². The lowest BCUT2D eigenvalue weighted by Crippen LogP contribution is -2.48. The van der Waals surface area contributed by atoms with Crippen molar-refractivity contribution in [2.24, 2.45) is 0 Å². The molecule has 1 saturated heterocycles. The standard InChI is InChI=1S/C15H19NO6S/c1-22-13-7-6-10(23(2,20)21)9-11(13)14(17)16-8-4-3-5-12(16)15(18)19/h6-7,9,12H,3-5,8H2,1-2H3,(H,18,19). The Balaban J connectivity index is 2.46. The number of hydrogen-bond donors (Lipinski definition) is 1. The third-order valence-electron chi connectivity index (χ3n) is 3.88. The number of carboxylic acid groups (broad SMARTS) is 1. The van der Waals surface area contributed by atoms with Crippen molar-refractivity contribution in [1.29, 1.82) is 0 Å². The lowest BCUT2D eigenvalue weighted by atomic mass is 10.0. The fourth-order valence-electron chi connectivity index (χ4n) is 2.67. The number of carbonyl (C=O) groups is 2. The van der Waals surface area contributed by atoms with E-state index in [-0.39, 0.29) is 16.2 Å². The van der Waals surface area contributed by atoms with Crippen LogP contribution in [0.3, 0.4) is 0 Å². The van der Waals surface area contributed by atoms with Gasteiger partial charge in [-0.15, -0.1) is 0 Å². The van der Waals surface area contributed by atoms with E-state index in [1.54, 1.807) is 0 Å². The van der Waals surface area contributed by atoms with Gasteiger partial charge in [0.15, 0.2) is 9.84 Å². The zero-order chi connectivity index (χ0) is 17.2. The third-order valence-corrected chi connectivity index (χ3v) is 4.99. The van der Waals surface area contributed by atoms with Crippen molar-refractivity contribution in [2.45, 2.75) is 30.2 Å². The lowest BCUT2D eigenvalue weighted by Gasteiger charge is -2.33. The first kappa shape index (κ1) is 17.3. The summed E-state index contributed by atoms with van der Waals surface area (Å²) in [7, 11) is -2.11. The summed E-state index contributed by atoms with van der Waals surface area (Å²) in [6.07, 6.45) is 2.88. The van der Waals surface area contributed by atoms with Crippen LogP contribution in [0.15, 0.2) is 23.1 Å². The predicted octanol–water partition coefficient (Wildman–Crippen LogP) is 1.18. The molecule has 1 amide bonds. The van der Waals surface area contributed by atoms with E-state index >= 15 is 0 Å². The average molecular weight is 341 g/mol. The molecule has 126 valence electrons. The molecule has 1 N–H and O–H groups in total. The number of sulfone groups is 1. The summed E-state index contributed by atoms with van der Waals surface area (Å²) < 4.78 is 28.5. The molecule has 0 aromatic heterocycles. The zero-order valence-corrected chi connectivity index (χ0v) is 13.8. The molecule has 0 saturated carbocycles. The Hall–Kier alpha value is -2.09. The molecule has 1 fully saturated rings. The van der Waals surface area contributed by atoms with Gasteiger partial charge in [-0.05, 0) is 37.5 Å². The second kappa shape index (κ2) is 6.57. The van der Waals surface area contributed by atoms with Gasteiger partial charge in [-0.2, -0.15) is 0 Å². The number of ether oxygens (including phenoxy) is 1. The van der Waals surface area contributed by atoms with E-state index in [9.17, 15) is 23.1 Å². The number of carboxylic acids is 1. The highest BCUT2D eigenvalue weighted by molar-refractivity contribution is 7.90. The number of carbonyl (C=O) groups excluding carboxylic acids is 1. The smallest absolute Gasteiger partial charge is 0.326 e. The molecule has 1 aromatic rings. The minimum absolute atomic E-state index is 0.00876. The van der Waals surface area contributed by atoms with E-state index in [0.29, 0.717) is 19.4 Å². The van der Waals surface area contributed by atoms with Crippen LogP contribution in [0.5, 0.6) is 5.75 Å². The largest absolute Gasteiger partial charge is 0.496 e. The van der Waals surface area contributed by atoms with Crippen molar-refractivity contribution in [3.05, 3.63) is 23.8 Å². The predicted molar refractivity (Wildman–Crippen MR) is 82.4 cm³/mol. The van der Waals surface area contributed by atoms with Crippen molar-refractivity contribution in [3.63, 3.8) is 0 Å². The quantitative estimate of drug-likeness (QED) is 0.882. The van der Waals surface area contributed by atoms with Crippen LogP contribution in [-0.2, 0) is 14.6 Å². The van der Waals surface area contributed by atoms with E-state index in [1.807, 2.05) is 0 Å². The molecule has 1 aliphatic rings. The summed E-state index contributed by atoms with van der Waals surface area (Å²) in [4.78, 5) is 25.4. The molecule has 1 aromatic carbocycles. The fraction of sp³-hybridized carbons (Fsp3) is 0.467. The fourth-order valence-corrected chi connectivity index (χ4v) is 3.32. The van der Waals surface area contributed by atoms with Gasteiger partial charge in [-0.1, -0.05) is 0 Å². The Bertz CT molecular complexity index is 727. The van der Waals surface area contributed by atoms with Gasteiger partial charge < -0.3 is 14.7 Å². The summed E-state index contributed by atoms with van der Waals surface area (Å²) in [5.41, 5.74) is 0.0589. The van der Waals surface area contributed by atoms with Gasteiger partial charge in [0.1, 0.15) is 11.8 Å². The molecular weight excluding hydrogens is 322 g/mol. The first-order valence-corrected chi connectivity index (χ1v) is 9.06. The van der Waals surface area contributed by atoms with Crippen molar-refractivity contribution in [3.8, 4) is 5.75 Å². The summed E-state index contributed by atoms with van der Waals surface area (Å²) >= 11 is 0. The highest BCUT2D eigenvalue weighted by atomic mass is 32.2. The minimum atomic E-state index is -3.49. The highest BCUT2D eigenvalue weighted by Gasteiger charge is 2.33. The Morgan fingerprint density at radius 1 is 1.30 bits per heavy atom. The number of likely N-dealkylation sites (tertiary alicyclic amines) is 1. The van der Waals surface area contributed by atoms with E-state index in [1.165, 1.54) is 30.2 Å². The second-order valence-electron chi connectivity index (χ2n) is 5.48. The van der Waals surface area contributed by atoms with Crippen molar-refractivity contribution < 1.29 is 27.9 Å². The van der Waals surface area contributed by atoms with Crippen LogP contribution in [0.2, 0.25) is 0 Å². The Morgan fingerprint density at radius 3 is 2.57 bits per heavy atom. The monoisotopic (exact) mass is 341 g/mol. The molecule has 0 bridgehead atoms. The summed E-state index contributed by atoms with van der Waals surface area (Å²) in [5, 5.41) is 9.29. The van der Waals surface area contributed by atoms with Gasteiger partial charge in [-0.25, -0.2) is 13.2 Å². The summed E-state index contributed by atoms with van der Waals surface area (Å²) in [6, 6.07) is 3.10. The molecule has 1 atom stereocenters. The topological polar surface area (TPSA) is 101 Å². The van der Waals surface area contributed by atoms with Gasteiger partial charge in [-0.3, -0.25) is 4.79 Å². The third kappa shape index (κ3) is 3.64. The van der Waals surface area contributed by atoms with Crippen molar-refractivity contribution in [1.82, 2.24) is 4.90 Å². The molecule has 1 aliphatic heterocycles. The maximum atomic E-state index is 12.8. The molecule has 2 rings (SSSR count). The zero-order valence-electron chi connectivity index (χ0n) is 13.0. The number of benzene rings is 1. The van der Waals surface area contributed by atoms with Crippen LogP contribution in [-0.4, -0.2) is 56.3 Å². The molecule has 8 heteroatoms. The molecular formula is C15H19NO6S. The summed E-state index contributed by atoms with van der Waals surface area (Å²) in [6.45, 7) is 0.321. The molecule has 0 aliphatic carbocycles. The summed E-state index contributed by atoms with van der Waals surface area (Å²) in [5.74, 6) is -1.37. The number of piperidine rings is 1. The number of aliphatic carboxylic acids is 1. The van der Waals surface area contributed by atoms with Gasteiger partial charge in [0.25, 0.3) is 5.91 Å². The van der Waals surface area contributed by atoms with Crippen molar-refractivity contribution in [2.75, 3.05) is 19.9 Å². The molecule has 23 heavy (non-hydrogen) atoms. The minimum Gasteiger partial charge on any atom is -0.496 e. The van der Waals surface area contributed by atoms with Crippen molar-refractivity contribution >= 4 is 21.7 Å². The second-order valence-corrected chi connectivity index (χ2v) is 7.50. The number of nitrogens with zero attached hydrogens (tertiary/aromatic N) is 1. The first-order chi connectivity index (χ1) is 10.8. The van der Waals surface area contributed by atoms with Gasteiger partial charge in [0.2, 0.25) is 0 Å². The Labute approximate surface area is 134 Å². The highest BCUT2D eigenvalue weighted by Crippen LogP contribution is 2.27. The van der Waals surface area contributed by atoms with Crippen LogP contribution in [0.4, 0.5) is 0 Å². The van der Waals surface area contributed by atoms with Gasteiger partial charge in [0, 0.05) is 12.8 Å². The van der Waals surface area contributed by atoms with E-state index in [2.05, 4.69) is 0 Å². The van der Waals surface area contributed by atoms with Crippen LogP contribution >= 0.6 is 0 Å². The van der Waals surface area contributed by atoms with Crippen LogP contribution in [0, 0.1) is 0 Å². The average Bonchev–Trinajstić information content (AvgIpc) is 2.52. The first-order valence-electron chi connectivity index (χ1n) is 7.17. The molecule has 1 unspecified atom stereocenters. The maximum absolute atomic E-state index is 12.8.